The number of carbonyl (C=O) groups excluding carboxylic acids is 2. The molecule has 2 atom stereocenters. The molecule has 1 aromatic rings. The highest BCUT2D eigenvalue weighted by atomic mass is 16.6. The summed E-state index contributed by atoms with van der Waals surface area (Å²) in [7, 11) is 0. The van der Waals surface area contributed by atoms with Crippen molar-refractivity contribution >= 4 is 12.2 Å². The summed E-state index contributed by atoms with van der Waals surface area (Å²) in [6.07, 6.45) is -1.92. The van der Waals surface area contributed by atoms with E-state index in [4.69, 9.17) is 9.47 Å². The maximum atomic E-state index is 12.7. The van der Waals surface area contributed by atoms with Crippen molar-refractivity contribution < 1.29 is 24.2 Å². The normalized spacial score (nSPS) is 19.2. The highest BCUT2D eigenvalue weighted by Gasteiger charge is 2.40. The van der Waals surface area contributed by atoms with Gasteiger partial charge in [-0.05, 0) is 47.1 Å². The van der Waals surface area contributed by atoms with E-state index in [1.165, 1.54) is 9.80 Å². The lowest BCUT2D eigenvalue weighted by Gasteiger charge is -2.43. The van der Waals surface area contributed by atoms with Gasteiger partial charge in [0.15, 0.2) is 0 Å². The maximum Gasteiger partial charge on any atom is 0.410 e. The number of ether oxygens (including phenoxy) is 2. The van der Waals surface area contributed by atoms with Gasteiger partial charge in [0, 0.05) is 19.6 Å². The third-order valence-electron chi connectivity index (χ3n) is 4.20. The number of nitrogens with zero attached hydrogens (tertiary/aromatic N) is 2. The van der Waals surface area contributed by atoms with E-state index in [0.29, 0.717) is 12.1 Å². The first-order valence-corrected chi connectivity index (χ1v) is 9.58. The molecule has 28 heavy (non-hydrogen) atoms. The molecule has 1 aromatic carbocycles. The van der Waals surface area contributed by atoms with Gasteiger partial charge < -0.3 is 19.5 Å². The monoisotopic (exact) mass is 392 g/mol. The molecule has 1 aliphatic rings. The fourth-order valence-corrected chi connectivity index (χ4v) is 2.99. The Morgan fingerprint density at radius 3 is 2.04 bits per heavy atom. The van der Waals surface area contributed by atoms with Crippen LogP contribution >= 0.6 is 0 Å². The second-order valence-electron chi connectivity index (χ2n) is 9.02. The van der Waals surface area contributed by atoms with Crippen molar-refractivity contribution in [2.24, 2.45) is 0 Å². The molecule has 1 aliphatic heterocycles. The fourth-order valence-electron chi connectivity index (χ4n) is 2.99. The molecule has 0 unspecified atom stereocenters. The summed E-state index contributed by atoms with van der Waals surface area (Å²) in [6.45, 7) is 11.5. The van der Waals surface area contributed by atoms with Crippen LogP contribution in [0.2, 0.25) is 0 Å². The van der Waals surface area contributed by atoms with Gasteiger partial charge in [-0.1, -0.05) is 30.3 Å². The molecule has 7 heteroatoms. The molecule has 1 heterocycles. The molecule has 156 valence electrons. The molecular formula is C21H32N2O5. The topological polar surface area (TPSA) is 79.3 Å². The SMILES string of the molecule is CC(C)(C)OC(=O)N1CCN(C(=O)OC(C)(C)C)[C@@H]([C@@H](O)c2ccccc2)C1. The third kappa shape index (κ3) is 6.12. The van der Waals surface area contributed by atoms with Crippen LogP contribution in [0.5, 0.6) is 0 Å². The van der Waals surface area contributed by atoms with Gasteiger partial charge in [0.1, 0.15) is 17.3 Å². The van der Waals surface area contributed by atoms with Crippen LogP contribution in [0.15, 0.2) is 30.3 Å². The van der Waals surface area contributed by atoms with Crippen LogP contribution in [0.1, 0.15) is 53.2 Å². The summed E-state index contributed by atoms with van der Waals surface area (Å²) in [4.78, 5) is 28.3. The van der Waals surface area contributed by atoms with Crippen molar-refractivity contribution in [3.63, 3.8) is 0 Å². The van der Waals surface area contributed by atoms with Crippen LogP contribution in [-0.4, -0.2) is 64.0 Å². The summed E-state index contributed by atoms with van der Waals surface area (Å²) >= 11 is 0. The smallest absolute Gasteiger partial charge is 0.410 e. The van der Waals surface area contributed by atoms with Crippen molar-refractivity contribution in [2.75, 3.05) is 19.6 Å². The number of aliphatic hydroxyl groups is 1. The van der Waals surface area contributed by atoms with Gasteiger partial charge in [0.25, 0.3) is 0 Å². The minimum absolute atomic E-state index is 0.157. The van der Waals surface area contributed by atoms with Crippen LogP contribution in [0.25, 0.3) is 0 Å². The zero-order chi connectivity index (χ0) is 21.1. The Bertz CT molecular complexity index is 678. The van der Waals surface area contributed by atoms with E-state index in [9.17, 15) is 14.7 Å². The van der Waals surface area contributed by atoms with E-state index in [1.807, 2.05) is 18.2 Å². The lowest BCUT2D eigenvalue weighted by molar-refractivity contribution is -0.0401. The molecular weight excluding hydrogens is 360 g/mol. The number of hydrogen-bond donors (Lipinski definition) is 1. The van der Waals surface area contributed by atoms with Crippen LogP contribution in [0, 0.1) is 0 Å². The van der Waals surface area contributed by atoms with Crippen molar-refractivity contribution in [1.29, 1.82) is 0 Å². The number of hydrogen-bond acceptors (Lipinski definition) is 5. The van der Waals surface area contributed by atoms with E-state index in [0.717, 1.165) is 0 Å². The van der Waals surface area contributed by atoms with E-state index >= 15 is 0 Å². The van der Waals surface area contributed by atoms with E-state index < -0.39 is 35.5 Å². The third-order valence-corrected chi connectivity index (χ3v) is 4.20. The standard InChI is InChI=1S/C21H32N2O5/c1-20(2,3)27-18(25)22-12-13-23(19(26)28-21(4,5)6)16(14-22)17(24)15-10-8-7-9-11-15/h7-11,16-17,24H,12-14H2,1-6H3/t16-,17+/m1/s1. The lowest BCUT2D eigenvalue weighted by Crippen LogP contribution is -2.59. The predicted molar refractivity (Wildman–Crippen MR) is 106 cm³/mol. The Labute approximate surface area is 167 Å². The summed E-state index contributed by atoms with van der Waals surface area (Å²) in [6, 6.07) is 8.46. The molecule has 1 saturated heterocycles. The van der Waals surface area contributed by atoms with E-state index in [1.54, 1.807) is 53.7 Å². The zero-order valence-corrected chi connectivity index (χ0v) is 17.6. The van der Waals surface area contributed by atoms with Crippen LogP contribution in [0.4, 0.5) is 9.59 Å². The minimum Gasteiger partial charge on any atom is -0.444 e. The maximum absolute atomic E-state index is 12.7. The molecule has 7 nitrogen and oxygen atoms in total. The number of rotatable bonds is 2. The van der Waals surface area contributed by atoms with Gasteiger partial charge >= 0.3 is 12.2 Å². The predicted octanol–water partition coefficient (Wildman–Crippen LogP) is 3.58. The minimum atomic E-state index is -0.959. The first-order valence-electron chi connectivity index (χ1n) is 9.58. The fraction of sp³-hybridized carbons (Fsp3) is 0.619. The zero-order valence-electron chi connectivity index (χ0n) is 17.6. The highest BCUT2D eigenvalue weighted by molar-refractivity contribution is 5.71. The molecule has 0 saturated carbocycles. The molecule has 0 radical (unpaired) electrons. The lowest BCUT2D eigenvalue weighted by atomic mass is 9.99. The average Bonchev–Trinajstić information content (AvgIpc) is 2.58. The summed E-state index contributed by atoms with van der Waals surface area (Å²) in [5.74, 6) is 0. The van der Waals surface area contributed by atoms with Crippen LogP contribution < -0.4 is 0 Å². The molecule has 2 rings (SSSR count). The average molecular weight is 392 g/mol. The first-order chi connectivity index (χ1) is 12.9. The van der Waals surface area contributed by atoms with E-state index in [-0.39, 0.29) is 13.1 Å². The van der Waals surface area contributed by atoms with Gasteiger partial charge in [-0.2, -0.15) is 0 Å². The Morgan fingerprint density at radius 1 is 0.964 bits per heavy atom. The molecule has 0 spiro atoms. The first kappa shape index (κ1) is 22.0. The molecule has 2 amide bonds. The van der Waals surface area contributed by atoms with Gasteiger partial charge in [0.2, 0.25) is 0 Å². The summed E-state index contributed by atoms with van der Waals surface area (Å²) in [5.41, 5.74) is -0.596. The van der Waals surface area contributed by atoms with Gasteiger partial charge in [-0.15, -0.1) is 0 Å². The van der Waals surface area contributed by atoms with E-state index in [2.05, 4.69) is 0 Å². The number of piperazine rings is 1. The van der Waals surface area contributed by atoms with Gasteiger partial charge in [-0.3, -0.25) is 4.90 Å². The molecule has 1 fully saturated rings. The Morgan fingerprint density at radius 2 is 1.50 bits per heavy atom. The number of carbonyl (C=O) groups is 2. The van der Waals surface area contributed by atoms with Crippen molar-refractivity contribution in [3.05, 3.63) is 35.9 Å². The number of aliphatic hydroxyl groups excluding tert-OH is 1. The van der Waals surface area contributed by atoms with Crippen LogP contribution in [0.3, 0.4) is 0 Å². The van der Waals surface area contributed by atoms with Crippen molar-refractivity contribution in [3.8, 4) is 0 Å². The number of amides is 2. The van der Waals surface area contributed by atoms with Crippen LogP contribution in [-0.2, 0) is 9.47 Å². The Kier molecular flexibility index (Phi) is 6.59. The summed E-state index contributed by atoms with van der Waals surface area (Å²) < 4.78 is 11.0. The molecule has 0 aliphatic carbocycles. The highest BCUT2D eigenvalue weighted by Crippen LogP contribution is 2.27. The molecule has 0 aromatic heterocycles. The molecule has 0 bridgehead atoms. The Balaban J connectivity index is 2.24. The second kappa shape index (κ2) is 8.39. The Hall–Kier alpha value is -2.28. The summed E-state index contributed by atoms with van der Waals surface area (Å²) in [5, 5.41) is 11.0. The second-order valence-corrected chi connectivity index (χ2v) is 9.02. The van der Waals surface area contributed by atoms with Gasteiger partial charge in [-0.25, -0.2) is 9.59 Å². The quantitative estimate of drug-likeness (QED) is 0.832. The van der Waals surface area contributed by atoms with Crippen molar-refractivity contribution in [2.45, 2.75) is 64.9 Å². The molecule has 1 N–H and O–H groups in total. The largest absolute Gasteiger partial charge is 0.444 e. The van der Waals surface area contributed by atoms with Gasteiger partial charge in [0.05, 0.1) is 6.04 Å². The number of benzene rings is 1. The van der Waals surface area contributed by atoms with Crippen molar-refractivity contribution in [1.82, 2.24) is 9.80 Å².